The maximum atomic E-state index is 13.1. The summed E-state index contributed by atoms with van der Waals surface area (Å²) in [6, 6.07) is 13.3. The molecule has 0 atom stereocenters. The molecule has 0 aliphatic heterocycles. The molecule has 0 bridgehead atoms. The van der Waals surface area contributed by atoms with Crippen LogP contribution in [0.1, 0.15) is 11.3 Å². The topological polar surface area (TPSA) is 96.4 Å². The molecule has 0 saturated heterocycles. The summed E-state index contributed by atoms with van der Waals surface area (Å²) in [6.07, 6.45) is 1.37. The van der Waals surface area contributed by atoms with Gasteiger partial charge in [0.2, 0.25) is 15.9 Å². The number of nitriles is 1. The first-order valence-corrected chi connectivity index (χ1v) is 10.1. The summed E-state index contributed by atoms with van der Waals surface area (Å²) in [4.78, 5) is 4.38. The predicted molar refractivity (Wildman–Crippen MR) is 103 cm³/mol. The quantitative estimate of drug-likeness (QED) is 0.561. The second kappa shape index (κ2) is 8.96. The Morgan fingerprint density at radius 2 is 1.86 bits per heavy atom. The van der Waals surface area contributed by atoms with Crippen LogP contribution in [0.3, 0.4) is 0 Å². The molecule has 3 rings (SSSR count). The summed E-state index contributed by atoms with van der Waals surface area (Å²) in [6.45, 7) is 0.270. The van der Waals surface area contributed by atoms with Crippen molar-refractivity contribution in [1.29, 1.82) is 5.26 Å². The summed E-state index contributed by atoms with van der Waals surface area (Å²) in [5.41, 5.74) is 1.35. The zero-order valence-electron chi connectivity index (χ0n) is 15.6. The number of halogens is 1. The van der Waals surface area contributed by atoms with Crippen LogP contribution in [0.25, 0.3) is 11.5 Å². The number of aromatic nitrogens is 1. The number of methoxy groups -OCH3 is 1. The van der Waals surface area contributed by atoms with Crippen LogP contribution in [-0.4, -0.2) is 38.0 Å². The van der Waals surface area contributed by atoms with Crippen molar-refractivity contribution in [3.8, 4) is 17.5 Å². The van der Waals surface area contributed by atoms with Gasteiger partial charge in [-0.15, -0.1) is 0 Å². The van der Waals surface area contributed by atoms with E-state index in [1.54, 1.807) is 0 Å². The molecule has 0 amide bonds. The van der Waals surface area contributed by atoms with Gasteiger partial charge in [0.15, 0.2) is 0 Å². The normalized spacial score (nSPS) is 11.5. The van der Waals surface area contributed by atoms with Gasteiger partial charge in [-0.1, -0.05) is 0 Å². The summed E-state index contributed by atoms with van der Waals surface area (Å²) in [5.74, 6) is -0.109. The van der Waals surface area contributed by atoms with E-state index in [1.807, 2.05) is 6.07 Å². The summed E-state index contributed by atoms with van der Waals surface area (Å²) in [5, 5.41) is 8.90. The molecule has 0 aliphatic carbocycles. The zero-order valence-corrected chi connectivity index (χ0v) is 16.4. The first kappa shape index (κ1) is 20.7. The fraction of sp³-hybridized carbons (Fsp3) is 0.200. The molecule has 0 aliphatic rings. The monoisotopic (exact) mass is 415 g/mol. The third kappa shape index (κ3) is 4.86. The SMILES string of the molecule is COCCN(Cc1coc(-c2ccc(F)cc2)n1)S(=O)(=O)c1ccc(C#N)cc1. The second-order valence-corrected chi connectivity index (χ2v) is 8.06. The lowest BCUT2D eigenvalue weighted by Gasteiger charge is -2.20. The van der Waals surface area contributed by atoms with E-state index >= 15 is 0 Å². The van der Waals surface area contributed by atoms with Gasteiger partial charge in [0.1, 0.15) is 12.1 Å². The molecule has 1 aromatic heterocycles. The van der Waals surface area contributed by atoms with Crippen LogP contribution in [0.5, 0.6) is 0 Å². The molecular weight excluding hydrogens is 397 g/mol. The molecular formula is C20H18FN3O4S. The van der Waals surface area contributed by atoms with Crippen molar-refractivity contribution in [3.63, 3.8) is 0 Å². The first-order chi connectivity index (χ1) is 13.9. The average Bonchev–Trinajstić information content (AvgIpc) is 3.20. The van der Waals surface area contributed by atoms with Gasteiger partial charge in [0.25, 0.3) is 0 Å². The van der Waals surface area contributed by atoms with E-state index in [-0.39, 0.29) is 36.3 Å². The van der Waals surface area contributed by atoms with E-state index in [0.29, 0.717) is 16.8 Å². The third-order valence-corrected chi connectivity index (χ3v) is 6.01. The number of oxazole rings is 1. The van der Waals surface area contributed by atoms with Crippen LogP contribution < -0.4 is 0 Å². The molecule has 0 N–H and O–H groups in total. The van der Waals surface area contributed by atoms with Crippen LogP contribution in [-0.2, 0) is 21.3 Å². The van der Waals surface area contributed by atoms with Crippen molar-refractivity contribution in [2.24, 2.45) is 0 Å². The van der Waals surface area contributed by atoms with Crippen molar-refractivity contribution in [2.75, 3.05) is 20.3 Å². The van der Waals surface area contributed by atoms with Gasteiger partial charge in [-0.05, 0) is 48.5 Å². The Hall–Kier alpha value is -3.06. The van der Waals surface area contributed by atoms with E-state index in [4.69, 9.17) is 14.4 Å². The number of hydrogen-bond donors (Lipinski definition) is 0. The highest BCUT2D eigenvalue weighted by atomic mass is 32.2. The lowest BCUT2D eigenvalue weighted by Crippen LogP contribution is -2.33. The lowest BCUT2D eigenvalue weighted by atomic mass is 10.2. The minimum Gasteiger partial charge on any atom is -0.444 e. The maximum absolute atomic E-state index is 13.1. The standard InChI is InChI=1S/C20H18FN3O4S/c1-27-11-10-24(29(25,26)19-8-2-15(12-22)3-9-19)13-18-14-28-20(23-18)16-4-6-17(21)7-5-16/h2-9,14H,10-11,13H2,1H3. The number of rotatable bonds is 8. The van der Waals surface area contributed by atoms with Gasteiger partial charge >= 0.3 is 0 Å². The highest BCUT2D eigenvalue weighted by Crippen LogP contribution is 2.22. The summed E-state index contributed by atoms with van der Waals surface area (Å²) < 4.78 is 50.9. The van der Waals surface area contributed by atoms with Crippen molar-refractivity contribution in [3.05, 3.63) is 71.9 Å². The van der Waals surface area contributed by atoms with Crippen molar-refractivity contribution in [1.82, 2.24) is 9.29 Å². The molecule has 0 fully saturated rings. The highest BCUT2D eigenvalue weighted by molar-refractivity contribution is 7.89. The van der Waals surface area contributed by atoms with Gasteiger partial charge in [0, 0.05) is 19.2 Å². The van der Waals surface area contributed by atoms with Crippen LogP contribution >= 0.6 is 0 Å². The zero-order chi connectivity index (χ0) is 20.9. The number of ether oxygens (including phenoxy) is 1. The van der Waals surface area contributed by atoms with E-state index in [9.17, 15) is 12.8 Å². The van der Waals surface area contributed by atoms with E-state index in [0.717, 1.165) is 0 Å². The molecule has 1 heterocycles. The Balaban J connectivity index is 1.85. The van der Waals surface area contributed by atoms with Gasteiger partial charge in [0.05, 0.1) is 35.4 Å². The summed E-state index contributed by atoms with van der Waals surface area (Å²) >= 11 is 0. The molecule has 150 valence electrons. The average molecular weight is 415 g/mol. The molecule has 0 radical (unpaired) electrons. The molecule has 29 heavy (non-hydrogen) atoms. The fourth-order valence-electron chi connectivity index (χ4n) is 2.61. The van der Waals surface area contributed by atoms with E-state index in [1.165, 1.54) is 66.2 Å². The van der Waals surface area contributed by atoms with E-state index < -0.39 is 10.0 Å². The number of sulfonamides is 1. The molecule has 3 aromatic rings. The van der Waals surface area contributed by atoms with Gasteiger partial charge in [-0.3, -0.25) is 0 Å². The minimum atomic E-state index is -3.84. The molecule has 2 aromatic carbocycles. The molecule has 0 saturated carbocycles. The molecule has 9 heteroatoms. The van der Waals surface area contributed by atoms with Crippen molar-refractivity contribution < 1.29 is 22.0 Å². The van der Waals surface area contributed by atoms with Crippen molar-refractivity contribution >= 4 is 10.0 Å². The Morgan fingerprint density at radius 1 is 1.17 bits per heavy atom. The number of benzene rings is 2. The number of hydrogen-bond acceptors (Lipinski definition) is 6. The van der Waals surface area contributed by atoms with Gasteiger partial charge in [-0.25, -0.2) is 17.8 Å². The first-order valence-electron chi connectivity index (χ1n) is 8.63. The predicted octanol–water partition coefficient (Wildman–Crippen LogP) is 3.19. The minimum absolute atomic E-state index is 0.0314. The smallest absolute Gasteiger partial charge is 0.243 e. The number of nitrogens with zero attached hydrogens (tertiary/aromatic N) is 3. The van der Waals surface area contributed by atoms with Crippen LogP contribution in [0, 0.1) is 17.1 Å². The summed E-state index contributed by atoms with van der Waals surface area (Å²) in [7, 11) is -2.36. The molecule has 0 unspecified atom stereocenters. The third-order valence-electron chi connectivity index (χ3n) is 4.15. The van der Waals surface area contributed by atoms with Crippen LogP contribution in [0.4, 0.5) is 4.39 Å². The highest BCUT2D eigenvalue weighted by Gasteiger charge is 2.25. The van der Waals surface area contributed by atoms with E-state index in [2.05, 4.69) is 4.98 Å². The molecule has 0 spiro atoms. The fourth-order valence-corrected chi connectivity index (χ4v) is 4.01. The molecule has 7 nitrogen and oxygen atoms in total. The van der Waals surface area contributed by atoms with Crippen molar-refractivity contribution in [2.45, 2.75) is 11.4 Å². The largest absolute Gasteiger partial charge is 0.444 e. The Morgan fingerprint density at radius 3 is 2.48 bits per heavy atom. The van der Waals surface area contributed by atoms with Crippen LogP contribution in [0.2, 0.25) is 0 Å². The Bertz CT molecular complexity index is 1100. The Labute approximate surface area is 168 Å². The van der Waals surface area contributed by atoms with Gasteiger partial charge < -0.3 is 9.15 Å². The van der Waals surface area contributed by atoms with Crippen LogP contribution in [0.15, 0.2) is 64.1 Å². The lowest BCUT2D eigenvalue weighted by molar-refractivity contribution is 0.177. The maximum Gasteiger partial charge on any atom is 0.243 e. The Kier molecular flexibility index (Phi) is 6.39. The van der Waals surface area contributed by atoms with Gasteiger partial charge in [-0.2, -0.15) is 9.57 Å². The second-order valence-electron chi connectivity index (χ2n) is 6.12.